The molecule has 0 amide bonds. The van der Waals surface area contributed by atoms with E-state index < -0.39 is 10.0 Å². The van der Waals surface area contributed by atoms with Crippen molar-refractivity contribution in [2.45, 2.75) is 11.8 Å². The van der Waals surface area contributed by atoms with Gasteiger partial charge in [0.1, 0.15) is 0 Å². The average Bonchev–Trinajstić information content (AvgIpc) is 2.63. The third kappa shape index (κ3) is 1.66. The Morgan fingerprint density at radius 1 is 0.944 bits per heavy atom. The van der Waals surface area contributed by atoms with Crippen LogP contribution in [0.15, 0.2) is 57.8 Å². The van der Waals surface area contributed by atoms with Gasteiger partial charge in [-0.1, -0.05) is 48.0 Å². The molecule has 0 fully saturated rings. The Morgan fingerprint density at radius 2 is 1.61 bits per heavy atom. The van der Waals surface area contributed by atoms with Crippen LogP contribution in [0.5, 0.6) is 0 Å². The Kier molecular flexibility index (Phi) is 2.35. The van der Waals surface area contributed by atoms with E-state index in [1.54, 1.807) is 18.2 Å². The van der Waals surface area contributed by atoms with Gasteiger partial charge in [0.25, 0.3) is 10.0 Å². The molecule has 0 N–H and O–H groups in total. The maximum atomic E-state index is 11.9. The lowest BCUT2D eigenvalue weighted by molar-refractivity contribution is 0.599. The number of sulfonamides is 1. The van der Waals surface area contributed by atoms with Crippen LogP contribution >= 0.6 is 0 Å². The minimum absolute atomic E-state index is 0.292. The van der Waals surface area contributed by atoms with Gasteiger partial charge in [-0.25, -0.2) is 0 Å². The fraction of sp³-hybridized carbons (Fsp3) is 0.0714. The summed E-state index contributed by atoms with van der Waals surface area (Å²) in [5.41, 5.74) is 3.18. The predicted molar refractivity (Wildman–Crippen MR) is 70.4 cm³/mol. The summed E-state index contributed by atoms with van der Waals surface area (Å²) in [6.07, 6.45) is 0. The second-order valence-corrected chi connectivity index (χ2v) is 5.85. The first kappa shape index (κ1) is 11.2. The molecule has 0 bridgehead atoms. The minimum atomic E-state index is -3.53. The van der Waals surface area contributed by atoms with E-state index in [-0.39, 0.29) is 0 Å². The van der Waals surface area contributed by atoms with Crippen molar-refractivity contribution >= 4 is 15.7 Å². The molecule has 0 aromatic heterocycles. The van der Waals surface area contributed by atoms with Crippen molar-refractivity contribution in [3.05, 3.63) is 65.2 Å². The first-order valence-electron chi connectivity index (χ1n) is 5.59. The Labute approximate surface area is 106 Å². The molecule has 0 spiro atoms. The highest BCUT2D eigenvalue weighted by atomic mass is 32.2. The van der Waals surface area contributed by atoms with Crippen LogP contribution in [0, 0.1) is 6.92 Å². The summed E-state index contributed by atoms with van der Waals surface area (Å²) in [5.74, 6) is 0. The van der Waals surface area contributed by atoms with Crippen molar-refractivity contribution < 1.29 is 8.42 Å². The quantitative estimate of drug-likeness (QED) is 0.788. The van der Waals surface area contributed by atoms with E-state index in [0.717, 1.165) is 11.1 Å². The SMILES string of the molecule is Cc1ccc(C2=NS(=O)(=O)c3ccccc32)cc1. The van der Waals surface area contributed by atoms with E-state index in [2.05, 4.69) is 4.40 Å². The first-order valence-corrected chi connectivity index (χ1v) is 7.03. The van der Waals surface area contributed by atoms with Crippen LogP contribution < -0.4 is 0 Å². The molecule has 3 nitrogen and oxygen atoms in total. The number of hydrogen-bond acceptors (Lipinski definition) is 2. The van der Waals surface area contributed by atoms with E-state index in [1.165, 1.54) is 0 Å². The van der Waals surface area contributed by atoms with Gasteiger partial charge in [-0.2, -0.15) is 12.8 Å². The molecule has 3 rings (SSSR count). The lowest BCUT2D eigenvalue weighted by Gasteiger charge is -2.02. The number of benzene rings is 2. The summed E-state index contributed by atoms with van der Waals surface area (Å²) in [4.78, 5) is 0.292. The van der Waals surface area contributed by atoms with Gasteiger partial charge in [-0.15, -0.1) is 0 Å². The lowest BCUT2D eigenvalue weighted by Crippen LogP contribution is -1.99. The molecular formula is C14H11NO2S. The van der Waals surface area contributed by atoms with Gasteiger partial charge in [0.2, 0.25) is 0 Å². The van der Waals surface area contributed by atoms with E-state index >= 15 is 0 Å². The zero-order valence-corrected chi connectivity index (χ0v) is 10.6. The summed E-state index contributed by atoms with van der Waals surface area (Å²) in [6, 6.07) is 14.6. The molecule has 0 aliphatic carbocycles. The summed E-state index contributed by atoms with van der Waals surface area (Å²) >= 11 is 0. The van der Waals surface area contributed by atoms with Gasteiger partial charge < -0.3 is 0 Å². The van der Waals surface area contributed by atoms with Gasteiger partial charge in [-0.3, -0.25) is 0 Å². The monoisotopic (exact) mass is 257 g/mol. The molecule has 0 saturated heterocycles. The molecule has 0 saturated carbocycles. The molecule has 0 radical (unpaired) electrons. The highest BCUT2D eigenvalue weighted by Gasteiger charge is 2.28. The number of nitrogens with zero attached hydrogens (tertiary/aromatic N) is 1. The standard InChI is InChI=1S/C14H11NO2S/c1-10-6-8-11(9-7-10)14-12-4-2-3-5-13(12)18(16,17)15-14/h2-9H,1H3. The fourth-order valence-electron chi connectivity index (χ4n) is 2.03. The smallest absolute Gasteiger partial charge is 0.199 e. The fourth-order valence-corrected chi connectivity index (χ4v) is 3.26. The number of rotatable bonds is 1. The zero-order valence-electron chi connectivity index (χ0n) is 9.79. The predicted octanol–water partition coefficient (Wildman–Crippen LogP) is 2.53. The zero-order chi connectivity index (χ0) is 12.8. The van der Waals surface area contributed by atoms with Crippen molar-refractivity contribution in [2.24, 2.45) is 4.40 Å². The van der Waals surface area contributed by atoms with Gasteiger partial charge in [-0.05, 0) is 13.0 Å². The van der Waals surface area contributed by atoms with Crippen LogP contribution in [0.25, 0.3) is 0 Å². The molecule has 2 aromatic rings. The van der Waals surface area contributed by atoms with Gasteiger partial charge in [0.05, 0.1) is 10.6 Å². The highest BCUT2D eigenvalue weighted by Crippen LogP contribution is 2.28. The topological polar surface area (TPSA) is 46.5 Å². The highest BCUT2D eigenvalue weighted by molar-refractivity contribution is 7.90. The van der Waals surface area contributed by atoms with E-state index in [1.807, 2.05) is 37.3 Å². The third-order valence-electron chi connectivity index (χ3n) is 2.96. The summed E-state index contributed by atoms with van der Waals surface area (Å²) in [6.45, 7) is 1.99. The van der Waals surface area contributed by atoms with E-state index in [0.29, 0.717) is 16.2 Å². The number of fused-ring (bicyclic) bond motifs is 1. The van der Waals surface area contributed by atoms with Gasteiger partial charge in [0.15, 0.2) is 0 Å². The van der Waals surface area contributed by atoms with Crippen LogP contribution in [0.1, 0.15) is 16.7 Å². The number of hydrogen-bond donors (Lipinski definition) is 0. The van der Waals surface area contributed by atoms with E-state index in [4.69, 9.17) is 0 Å². The Hall–Kier alpha value is -1.94. The molecule has 18 heavy (non-hydrogen) atoms. The first-order chi connectivity index (χ1) is 8.58. The van der Waals surface area contributed by atoms with Crippen LogP contribution in [-0.2, 0) is 10.0 Å². The van der Waals surface area contributed by atoms with Gasteiger partial charge >= 0.3 is 0 Å². The maximum absolute atomic E-state index is 11.9. The summed E-state index contributed by atoms with van der Waals surface area (Å²) in [7, 11) is -3.53. The number of aryl methyl sites for hydroxylation is 1. The Bertz CT molecular complexity index is 744. The van der Waals surface area contributed by atoms with Crippen LogP contribution in [0.2, 0.25) is 0 Å². The van der Waals surface area contributed by atoms with Crippen LogP contribution in [0.4, 0.5) is 0 Å². The average molecular weight is 257 g/mol. The van der Waals surface area contributed by atoms with Crippen molar-refractivity contribution in [1.29, 1.82) is 0 Å². The molecule has 1 aliphatic heterocycles. The maximum Gasteiger partial charge on any atom is 0.283 e. The Balaban J connectivity index is 2.24. The van der Waals surface area contributed by atoms with Crippen molar-refractivity contribution in [2.75, 3.05) is 0 Å². The summed E-state index contributed by atoms with van der Waals surface area (Å²) < 4.78 is 27.7. The minimum Gasteiger partial charge on any atom is -0.199 e. The molecular weight excluding hydrogens is 246 g/mol. The van der Waals surface area contributed by atoms with Crippen molar-refractivity contribution in [1.82, 2.24) is 0 Å². The lowest BCUT2D eigenvalue weighted by atomic mass is 10.0. The molecule has 1 aliphatic rings. The molecule has 2 aromatic carbocycles. The third-order valence-corrected chi connectivity index (χ3v) is 4.29. The summed E-state index contributed by atoms with van der Waals surface area (Å²) in [5, 5.41) is 0. The molecule has 0 unspecified atom stereocenters. The van der Waals surface area contributed by atoms with Crippen LogP contribution in [-0.4, -0.2) is 14.1 Å². The van der Waals surface area contributed by atoms with Crippen molar-refractivity contribution in [3.8, 4) is 0 Å². The Morgan fingerprint density at radius 3 is 2.33 bits per heavy atom. The van der Waals surface area contributed by atoms with E-state index in [9.17, 15) is 8.42 Å². The normalized spacial score (nSPS) is 16.2. The molecule has 0 atom stereocenters. The van der Waals surface area contributed by atoms with Crippen molar-refractivity contribution in [3.63, 3.8) is 0 Å². The molecule has 4 heteroatoms. The van der Waals surface area contributed by atoms with Gasteiger partial charge in [0, 0.05) is 11.1 Å². The van der Waals surface area contributed by atoms with Crippen LogP contribution in [0.3, 0.4) is 0 Å². The molecule has 90 valence electrons. The second kappa shape index (κ2) is 3.78. The second-order valence-electron chi connectivity index (χ2n) is 4.28. The largest absolute Gasteiger partial charge is 0.283 e. The molecule has 1 heterocycles.